The first-order chi connectivity index (χ1) is 12.5. The number of hydrogen-bond acceptors (Lipinski definition) is 3. The van der Waals surface area contributed by atoms with Crippen LogP contribution in [0.3, 0.4) is 0 Å². The molecule has 4 nitrogen and oxygen atoms in total. The van der Waals surface area contributed by atoms with Crippen LogP contribution in [0.15, 0.2) is 53.0 Å². The Morgan fingerprint density at radius 1 is 1.31 bits per heavy atom. The lowest BCUT2D eigenvalue weighted by Gasteiger charge is -2.18. The third kappa shape index (κ3) is 6.56. The molecule has 0 aliphatic carbocycles. The molecule has 1 unspecified atom stereocenters. The smallest absolute Gasteiger partial charge is 0.237 e. The highest BCUT2D eigenvalue weighted by molar-refractivity contribution is 9.10. The van der Waals surface area contributed by atoms with Crippen LogP contribution in [-0.4, -0.2) is 36.7 Å². The maximum absolute atomic E-state index is 11.9. The second-order valence-electron chi connectivity index (χ2n) is 6.16. The van der Waals surface area contributed by atoms with E-state index >= 15 is 0 Å². The highest BCUT2D eigenvalue weighted by Crippen LogP contribution is 2.15. The Kier molecular flexibility index (Phi) is 8.29. The van der Waals surface area contributed by atoms with Gasteiger partial charge in [0.05, 0.1) is 6.04 Å². The van der Waals surface area contributed by atoms with E-state index in [0.717, 1.165) is 40.7 Å². The van der Waals surface area contributed by atoms with Crippen molar-refractivity contribution in [1.82, 2.24) is 10.2 Å². The Morgan fingerprint density at radius 3 is 2.58 bits per heavy atom. The lowest BCUT2D eigenvalue weighted by molar-refractivity contribution is -0.125. The normalized spacial score (nSPS) is 16.5. The summed E-state index contributed by atoms with van der Waals surface area (Å²) in [5.74, 6) is 0.125. The van der Waals surface area contributed by atoms with Gasteiger partial charge in [-0.2, -0.15) is 0 Å². The number of halogens is 2. The van der Waals surface area contributed by atoms with Crippen LogP contribution in [0, 0.1) is 0 Å². The molecule has 2 aromatic rings. The van der Waals surface area contributed by atoms with Gasteiger partial charge in [0.1, 0.15) is 6.29 Å². The molecule has 1 fully saturated rings. The number of likely N-dealkylation sites (N-methyl/N-ethyl adjacent to an activating group) is 1. The van der Waals surface area contributed by atoms with E-state index in [1.54, 1.807) is 12.1 Å². The zero-order chi connectivity index (χ0) is 18.9. The van der Waals surface area contributed by atoms with Gasteiger partial charge in [-0.1, -0.05) is 51.8 Å². The van der Waals surface area contributed by atoms with Crippen LogP contribution in [0.2, 0.25) is 5.02 Å². The van der Waals surface area contributed by atoms with Crippen molar-refractivity contribution >= 4 is 39.7 Å². The number of amides is 1. The van der Waals surface area contributed by atoms with Gasteiger partial charge in [-0.15, -0.1) is 0 Å². The fourth-order valence-electron chi connectivity index (χ4n) is 2.73. The van der Waals surface area contributed by atoms with Gasteiger partial charge in [-0.25, -0.2) is 0 Å². The fraction of sp³-hybridized carbons (Fsp3) is 0.300. The van der Waals surface area contributed by atoms with Crippen LogP contribution in [0.25, 0.3) is 0 Å². The number of nitrogens with one attached hydrogen (secondary N) is 1. The summed E-state index contributed by atoms with van der Waals surface area (Å²) in [6, 6.07) is 14.8. The molecular weight excluding hydrogens is 416 g/mol. The van der Waals surface area contributed by atoms with Crippen molar-refractivity contribution in [2.75, 3.05) is 13.6 Å². The second kappa shape index (κ2) is 10.5. The monoisotopic (exact) mass is 436 g/mol. The lowest BCUT2D eigenvalue weighted by atomic mass is 10.2. The zero-order valence-corrected chi connectivity index (χ0v) is 17.0. The first-order valence-corrected chi connectivity index (χ1v) is 9.60. The fourth-order valence-corrected chi connectivity index (χ4v) is 3.27. The molecule has 0 bridgehead atoms. The summed E-state index contributed by atoms with van der Waals surface area (Å²) in [6.45, 7) is 1.58. The SMILES string of the molecule is CN1CCCC1C(=O)NCc1ccc(Cl)cc1.O=Cc1cccc(Br)c1. The van der Waals surface area contributed by atoms with Crippen LogP contribution < -0.4 is 5.32 Å². The Balaban J connectivity index is 0.000000228. The Morgan fingerprint density at radius 2 is 2.04 bits per heavy atom. The molecule has 1 saturated heterocycles. The van der Waals surface area contributed by atoms with Crippen LogP contribution in [0.4, 0.5) is 0 Å². The van der Waals surface area contributed by atoms with Crippen molar-refractivity contribution in [2.45, 2.75) is 25.4 Å². The predicted octanol–water partition coefficient (Wildman–Crippen LogP) is 4.31. The van der Waals surface area contributed by atoms with Gasteiger partial charge in [0.15, 0.2) is 0 Å². The molecule has 0 aromatic heterocycles. The number of hydrogen-bond donors (Lipinski definition) is 1. The first-order valence-electron chi connectivity index (χ1n) is 8.42. The summed E-state index contributed by atoms with van der Waals surface area (Å²) in [7, 11) is 2.00. The first kappa shape index (κ1) is 20.6. The van der Waals surface area contributed by atoms with E-state index in [2.05, 4.69) is 26.1 Å². The molecule has 1 N–H and O–H groups in total. The molecule has 0 radical (unpaired) electrons. The Labute approximate surface area is 167 Å². The molecule has 3 rings (SSSR count). The second-order valence-corrected chi connectivity index (χ2v) is 7.51. The van der Waals surface area contributed by atoms with Gasteiger partial charge < -0.3 is 5.32 Å². The number of likely N-dealkylation sites (tertiary alicyclic amines) is 1. The van der Waals surface area contributed by atoms with Crippen molar-refractivity contribution < 1.29 is 9.59 Å². The van der Waals surface area contributed by atoms with Crippen molar-refractivity contribution in [3.05, 3.63) is 69.2 Å². The van der Waals surface area contributed by atoms with Gasteiger partial charge in [-0.3, -0.25) is 14.5 Å². The van der Waals surface area contributed by atoms with E-state index in [1.807, 2.05) is 43.4 Å². The topological polar surface area (TPSA) is 49.4 Å². The summed E-state index contributed by atoms with van der Waals surface area (Å²) in [4.78, 5) is 24.2. The van der Waals surface area contributed by atoms with Crippen molar-refractivity contribution in [2.24, 2.45) is 0 Å². The molecule has 26 heavy (non-hydrogen) atoms. The minimum atomic E-state index is 0.0438. The van der Waals surface area contributed by atoms with E-state index in [-0.39, 0.29) is 11.9 Å². The van der Waals surface area contributed by atoms with Gasteiger partial charge >= 0.3 is 0 Å². The van der Waals surface area contributed by atoms with E-state index in [9.17, 15) is 9.59 Å². The maximum Gasteiger partial charge on any atom is 0.237 e. The standard InChI is InChI=1S/C13H17ClN2O.C7H5BrO/c1-16-8-2-3-12(16)13(17)15-9-10-4-6-11(14)7-5-10;8-7-3-1-2-6(4-7)5-9/h4-7,12H,2-3,8-9H2,1H3,(H,15,17);1-5H. The third-order valence-electron chi connectivity index (χ3n) is 4.19. The Bertz CT molecular complexity index is 737. The highest BCUT2D eigenvalue weighted by Gasteiger charge is 2.27. The molecule has 6 heteroatoms. The zero-order valence-electron chi connectivity index (χ0n) is 14.6. The molecule has 1 heterocycles. The largest absolute Gasteiger partial charge is 0.351 e. The molecule has 1 aliphatic rings. The van der Waals surface area contributed by atoms with Crippen molar-refractivity contribution in [1.29, 1.82) is 0 Å². The number of nitrogens with zero attached hydrogens (tertiary/aromatic N) is 1. The summed E-state index contributed by atoms with van der Waals surface area (Å²) in [5, 5.41) is 3.69. The summed E-state index contributed by atoms with van der Waals surface area (Å²) in [5.41, 5.74) is 1.77. The van der Waals surface area contributed by atoms with Gasteiger partial charge in [0.2, 0.25) is 5.91 Å². The predicted molar refractivity (Wildman–Crippen MR) is 108 cm³/mol. The molecule has 138 valence electrons. The third-order valence-corrected chi connectivity index (χ3v) is 4.93. The quantitative estimate of drug-likeness (QED) is 0.725. The molecule has 0 saturated carbocycles. The Hall–Kier alpha value is -1.69. The van der Waals surface area contributed by atoms with Gasteiger partial charge in [-0.05, 0) is 56.3 Å². The molecular formula is C20H22BrClN2O2. The lowest BCUT2D eigenvalue weighted by Crippen LogP contribution is -2.41. The summed E-state index contributed by atoms with van der Waals surface area (Å²) >= 11 is 9.05. The van der Waals surface area contributed by atoms with Crippen LogP contribution in [-0.2, 0) is 11.3 Å². The molecule has 1 atom stereocenters. The highest BCUT2D eigenvalue weighted by atomic mass is 79.9. The molecule has 1 aliphatic heterocycles. The van der Waals surface area contributed by atoms with E-state index in [4.69, 9.17) is 11.6 Å². The average molecular weight is 438 g/mol. The molecule has 2 aromatic carbocycles. The van der Waals surface area contributed by atoms with Crippen molar-refractivity contribution in [3.63, 3.8) is 0 Å². The number of benzene rings is 2. The molecule has 0 spiro atoms. The number of carbonyl (C=O) groups excluding carboxylic acids is 2. The minimum Gasteiger partial charge on any atom is -0.351 e. The van der Waals surface area contributed by atoms with Crippen LogP contribution in [0.5, 0.6) is 0 Å². The van der Waals surface area contributed by atoms with Crippen molar-refractivity contribution in [3.8, 4) is 0 Å². The number of aldehydes is 1. The van der Waals surface area contributed by atoms with Gasteiger partial charge in [0, 0.05) is 21.6 Å². The van der Waals surface area contributed by atoms with E-state index < -0.39 is 0 Å². The van der Waals surface area contributed by atoms with E-state index in [1.165, 1.54) is 0 Å². The maximum atomic E-state index is 11.9. The number of rotatable bonds is 4. The van der Waals surface area contributed by atoms with Gasteiger partial charge in [0.25, 0.3) is 0 Å². The molecule has 1 amide bonds. The average Bonchev–Trinajstić information content (AvgIpc) is 3.07. The summed E-state index contributed by atoms with van der Waals surface area (Å²) in [6.07, 6.45) is 2.89. The van der Waals surface area contributed by atoms with E-state index in [0.29, 0.717) is 12.1 Å². The van der Waals surface area contributed by atoms with Crippen LogP contribution in [0.1, 0.15) is 28.8 Å². The number of carbonyl (C=O) groups is 2. The minimum absolute atomic E-state index is 0.0438. The van der Waals surface area contributed by atoms with Crippen LogP contribution >= 0.6 is 27.5 Å². The summed E-state index contributed by atoms with van der Waals surface area (Å²) < 4.78 is 0.937.